The van der Waals surface area contributed by atoms with Crippen LogP contribution in [-0.4, -0.2) is 30.9 Å². The van der Waals surface area contributed by atoms with Crippen LogP contribution in [0.15, 0.2) is 66.1 Å². The third-order valence-electron chi connectivity index (χ3n) is 5.06. The van der Waals surface area contributed by atoms with Crippen LogP contribution in [0.25, 0.3) is 27.8 Å². The van der Waals surface area contributed by atoms with Gasteiger partial charge >= 0.3 is 0 Å². The van der Waals surface area contributed by atoms with Crippen LogP contribution in [0, 0.1) is 11.6 Å². The fraction of sp³-hybridized carbons (Fsp3) is 0.0909. The molecule has 0 spiro atoms. The zero-order valence-corrected chi connectivity index (χ0v) is 16.1. The number of benzene rings is 1. The van der Waals surface area contributed by atoms with Gasteiger partial charge < -0.3 is 10.3 Å². The van der Waals surface area contributed by atoms with Gasteiger partial charge in [-0.05, 0) is 47.9 Å². The minimum absolute atomic E-state index is 0.365. The summed E-state index contributed by atoms with van der Waals surface area (Å²) < 4.78 is 28.5. The normalized spacial score (nSPS) is 11.3. The van der Waals surface area contributed by atoms with Crippen molar-refractivity contribution in [3.63, 3.8) is 0 Å². The molecule has 0 atom stereocenters. The van der Waals surface area contributed by atoms with E-state index in [-0.39, 0.29) is 5.56 Å². The molecule has 5 rings (SSSR count). The lowest BCUT2D eigenvalue weighted by atomic mass is 9.98. The van der Waals surface area contributed by atoms with Crippen molar-refractivity contribution in [3.05, 3.63) is 88.9 Å². The number of aromatic amines is 1. The highest BCUT2D eigenvalue weighted by molar-refractivity contribution is 5.82. The summed E-state index contributed by atoms with van der Waals surface area (Å²) in [5.74, 6) is -0.333. The summed E-state index contributed by atoms with van der Waals surface area (Å²) >= 11 is 0. The third kappa shape index (κ3) is 3.50. The molecule has 4 heterocycles. The van der Waals surface area contributed by atoms with Crippen LogP contribution in [0.1, 0.15) is 5.56 Å². The van der Waals surface area contributed by atoms with E-state index in [0.29, 0.717) is 46.6 Å². The van der Waals surface area contributed by atoms with Gasteiger partial charge in [0.05, 0.1) is 11.9 Å². The highest BCUT2D eigenvalue weighted by Gasteiger charge is 2.14. The van der Waals surface area contributed by atoms with Gasteiger partial charge in [0.1, 0.15) is 23.5 Å². The number of pyridine rings is 2. The monoisotopic (exact) mass is 418 g/mol. The molecule has 2 N–H and O–H groups in total. The highest BCUT2D eigenvalue weighted by Crippen LogP contribution is 2.23. The van der Waals surface area contributed by atoms with Gasteiger partial charge in [0.2, 0.25) is 0 Å². The van der Waals surface area contributed by atoms with E-state index in [4.69, 9.17) is 0 Å². The molecule has 0 aliphatic rings. The Balaban J connectivity index is 1.54. The lowest BCUT2D eigenvalue weighted by molar-refractivity contribution is 0.618. The summed E-state index contributed by atoms with van der Waals surface area (Å²) in [6.07, 6.45) is 4.61. The Morgan fingerprint density at radius 2 is 1.81 bits per heavy atom. The summed E-state index contributed by atoms with van der Waals surface area (Å²) in [5, 5.41) is 3.22. The number of rotatable bonds is 5. The van der Waals surface area contributed by atoms with E-state index in [2.05, 4.69) is 25.3 Å². The standard InChI is InChI=1S/C22H16F2N6O/c23-15-3-1-13(2-4-15)18-14(9-17-6-5-16(24)10-30(17)22(18)31)7-8-25-20-19-21(27-11-26-19)29-12-28-20/h1-6,9-12H,7-8H2,(H2,25,26,27,28,29). The second kappa shape index (κ2) is 7.60. The Morgan fingerprint density at radius 1 is 1.00 bits per heavy atom. The van der Waals surface area contributed by atoms with Crippen molar-refractivity contribution in [2.75, 3.05) is 11.9 Å². The first-order chi connectivity index (χ1) is 15.1. The van der Waals surface area contributed by atoms with Crippen LogP contribution >= 0.6 is 0 Å². The van der Waals surface area contributed by atoms with E-state index >= 15 is 0 Å². The predicted molar refractivity (Wildman–Crippen MR) is 113 cm³/mol. The number of nitrogens with zero attached hydrogens (tertiary/aromatic N) is 4. The van der Waals surface area contributed by atoms with Gasteiger partial charge in [-0.25, -0.2) is 23.7 Å². The van der Waals surface area contributed by atoms with E-state index in [1.165, 1.54) is 28.9 Å². The third-order valence-corrected chi connectivity index (χ3v) is 5.06. The van der Waals surface area contributed by atoms with E-state index in [0.717, 1.165) is 11.8 Å². The Hall–Kier alpha value is -4.14. The Morgan fingerprint density at radius 3 is 2.65 bits per heavy atom. The van der Waals surface area contributed by atoms with Crippen molar-refractivity contribution in [3.8, 4) is 11.1 Å². The van der Waals surface area contributed by atoms with E-state index < -0.39 is 11.6 Å². The number of hydrogen-bond acceptors (Lipinski definition) is 5. The summed E-state index contributed by atoms with van der Waals surface area (Å²) in [5.41, 5.74) is 3.17. The molecule has 9 heteroatoms. The van der Waals surface area contributed by atoms with Crippen molar-refractivity contribution >= 4 is 22.5 Å². The molecule has 0 bridgehead atoms. The zero-order valence-electron chi connectivity index (χ0n) is 16.1. The molecule has 0 radical (unpaired) electrons. The molecule has 4 aromatic heterocycles. The van der Waals surface area contributed by atoms with Crippen LogP contribution < -0.4 is 10.9 Å². The molecular formula is C22H16F2N6O. The van der Waals surface area contributed by atoms with Gasteiger partial charge in [-0.1, -0.05) is 12.1 Å². The Bertz CT molecular complexity index is 1460. The first-order valence-corrected chi connectivity index (χ1v) is 9.58. The fourth-order valence-corrected chi connectivity index (χ4v) is 3.62. The van der Waals surface area contributed by atoms with Crippen molar-refractivity contribution in [2.45, 2.75) is 6.42 Å². The molecule has 0 unspecified atom stereocenters. The van der Waals surface area contributed by atoms with Gasteiger partial charge in [0.15, 0.2) is 11.5 Å². The number of hydrogen-bond donors (Lipinski definition) is 2. The predicted octanol–water partition coefficient (Wildman–Crippen LogP) is 3.57. The van der Waals surface area contributed by atoms with Crippen LogP contribution in [0.3, 0.4) is 0 Å². The highest BCUT2D eigenvalue weighted by atomic mass is 19.1. The minimum atomic E-state index is -0.513. The summed E-state index contributed by atoms with van der Waals surface area (Å²) in [7, 11) is 0. The first kappa shape index (κ1) is 18.9. The van der Waals surface area contributed by atoms with Gasteiger partial charge in [-0.2, -0.15) is 0 Å². The lowest BCUT2D eigenvalue weighted by Gasteiger charge is -2.13. The van der Waals surface area contributed by atoms with Crippen LogP contribution in [0.5, 0.6) is 0 Å². The molecule has 0 saturated heterocycles. The van der Waals surface area contributed by atoms with Crippen LogP contribution in [0.2, 0.25) is 0 Å². The molecular weight excluding hydrogens is 402 g/mol. The SMILES string of the molecule is O=c1c(-c2ccc(F)cc2)c(CCNc2ncnc3[nH]cnc23)cc2ccc(F)cn12. The number of aromatic nitrogens is 5. The van der Waals surface area contributed by atoms with E-state index in [1.54, 1.807) is 24.5 Å². The molecule has 0 saturated carbocycles. The van der Waals surface area contributed by atoms with Crippen molar-refractivity contribution < 1.29 is 8.78 Å². The Kier molecular flexibility index (Phi) is 4.62. The van der Waals surface area contributed by atoms with Crippen LogP contribution in [-0.2, 0) is 6.42 Å². The molecule has 7 nitrogen and oxygen atoms in total. The van der Waals surface area contributed by atoms with Gasteiger partial charge in [0, 0.05) is 18.3 Å². The molecule has 0 fully saturated rings. The van der Waals surface area contributed by atoms with Gasteiger partial charge in [0.25, 0.3) is 5.56 Å². The largest absolute Gasteiger partial charge is 0.368 e. The smallest absolute Gasteiger partial charge is 0.263 e. The van der Waals surface area contributed by atoms with Crippen molar-refractivity contribution in [2.24, 2.45) is 0 Å². The quantitative estimate of drug-likeness (QED) is 0.456. The molecule has 1 aromatic carbocycles. The lowest BCUT2D eigenvalue weighted by Crippen LogP contribution is -2.19. The number of anilines is 1. The average molecular weight is 418 g/mol. The van der Waals surface area contributed by atoms with Crippen LogP contribution in [0.4, 0.5) is 14.6 Å². The summed E-state index contributed by atoms with van der Waals surface area (Å²) in [4.78, 5) is 28.7. The fourth-order valence-electron chi connectivity index (χ4n) is 3.62. The molecule has 0 aliphatic heterocycles. The first-order valence-electron chi connectivity index (χ1n) is 9.58. The number of imidazole rings is 1. The minimum Gasteiger partial charge on any atom is -0.368 e. The molecule has 154 valence electrons. The number of H-pyrrole nitrogens is 1. The number of fused-ring (bicyclic) bond motifs is 2. The Labute approximate surface area is 174 Å². The van der Waals surface area contributed by atoms with E-state index in [9.17, 15) is 13.6 Å². The number of halogens is 2. The number of nitrogens with one attached hydrogen (secondary N) is 2. The molecule has 0 amide bonds. The second-order valence-corrected chi connectivity index (χ2v) is 7.00. The van der Waals surface area contributed by atoms with Crippen molar-refractivity contribution in [1.82, 2.24) is 24.3 Å². The maximum atomic E-state index is 13.8. The maximum absolute atomic E-state index is 13.8. The molecule has 0 aliphatic carbocycles. The second-order valence-electron chi connectivity index (χ2n) is 7.00. The summed E-state index contributed by atoms with van der Waals surface area (Å²) in [6.45, 7) is 0.462. The zero-order chi connectivity index (χ0) is 21.4. The van der Waals surface area contributed by atoms with E-state index in [1.807, 2.05) is 6.07 Å². The van der Waals surface area contributed by atoms with Gasteiger partial charge in [-0.15, -0.1) is 0 Å². The van der Waals surface area contributed by atoms with Crippen molar-refractivity contribution in [1.29, 1.82) is 0 Å². The van der Waals surface area contributed by atoms with Gasteiger partial charge in [-0.3, -0.25) is 9.20 Å². The molecule has 5 aromatic rings. The maximum Gasteiger partial charge on any atom is 0.263 e. The molecule has 31 heavy (non-hydrogen) atoms. The topological polar surface area (TPSA) is 88.0 Å². The summed E-state index contributed by atoms with van der Waals surface area (Å²) in [6, 6.07) is 10.4. The average Bonchev–Trinajstić information content (AvgIpc) is 3.25.